The first-order valence-electron chi connectivity index (χ1n) is 7.50. The van der Waals surface area contributed by atoms with E-state index >= 15 is 0 Å². The van der Waals surface area contributed by atoms with Gasteiger partial charge in [-0.1, -0.05) is 6.92 Å². The Morgan fingerprint density at radius 1 is 1.17 bits per heavy atom. The highest BCUT2D eigenvalue weighted by molar-refractivity contribution is 5.94. The number of aromatic nitrogens is 2. The molecule has 6 heteroatoms. The van der Waals surface area contributed by atoms with Crippen LogP contribution in [0.5, 0.6) is 0 Å². The highest BCUT2D eigenvalue weighted by atomic mass is 16.2. The van der Waals surface area contributed by atoms with Gasteiger partial charge in [-0.25, -0.2) is 9.97 Å². The Hall–Kier alpha value is -2.76. The van der Waals surface area contributed by atoms with Crippen molar-refractivity contribution < 1.29 is 9.59 Å². The number of benzene rings is 1. The Labute approximate surface area is 135 Å². The van der Waals surface area contributed by atoms with E-state index in [2.05, 4.69) is 20.6 Å². The van der Waals surface area contributed by atoms with Gasteiger partial charge in [-0.05, 0) is 44.5 Å². The van der Waals surface area contributed by atoms with E-state index in [0.29, 0.717) is 17.1 Å². The van der Waals surface area contributed by atoms with E-state index in [4.69, 9.17) is 0 Å². The summed E-state index contributed by atoms with van der Waals surface area (Å²) >= 11 is 0. The van der Waals surface area contributed by atoms with Gasteiger partial charge in [0, 0.05) is 23.4 Å². The summed E-state index contributed by atoms with van der Waals surface area (Å²) in [6.07, 6.45) is 2.20. The Morgan fingerprint density at radius 2 is 1.87 bits per heavy atom. The zero-order chi connectivity index (χ0) is 16.8. The van der Waals surface area contributed by atoms with Crippen molar-refractivity contribution in [2.24, 2.45) is 0 Å². The second kappa shape index (κ2) is 7.49. The largest absolute Gasteiger partial charge is 0.348 e. The minimum Gasteiger partial charge on any atom is -0.348 e. The standard InChI is InChI=1S/C17H20N4O2/c1-4-11(2)20-17(23)15-9-16(19-10-18-15)21-14-7-5-13(6-8-14)12(3)22/h5-11H,4H2,1-3H3,(H,20,23)(H,18,19,21). The van der Waals surface area contributed by atoms with Crippen molar-refractivity contribution in [3.8, 4) is 0 Å². The fourth-order valence-electron chi connectivity index (χ4n) is 1.89. The minimum absolute atomic E-state index is 0.0163. The molecule has 0 fully saturated rings. The van der Waals surface area contributed by atoms with Gasteiger partial charge >= 0.3 is 0 Å². The summed E-state index contributed by atoms with van der Waals surface area (Å²) in [6.45, 7) is 5.46. The van der Waals surface area contributed by atoms with Crippen molar-refractivity contribution in [3.05, 3.63) is 47.9 Å². The van der Waals surface area contributed by atoms with Crippen LogP contribution < -0.4 is 10.6 Å². The minimum atomic E-state index is -0.225. The number of amides is 1. The van der Waals surface area contributed by atoms with Crippen molar-refractivity contribution in [2.75, 3.05) is 5.32 Å². The van der Waals surface area contributed by atoms with Crippen molar-refractivity contribution in [1.29, 1.82) is 0 Å². The van der Waals surface area contributed by atoms with Crippen LogP contribution >= 0.6 is 0 Å². The van der Waals surface area contributed by atoms with Gasteiger partial charge < -0.3 is 10.6 Å². The number of carbonyl (C=O) groups excluding carboxylic acids is 2. The molecule has 2 N–H and O–H groups in total. The lowest BCUT2D eigenvalue weighted by Gasteiger charge is -2.11. The lowest BCUT2D eigenvalue weighted by atomic mass is 10.1. The lowest BCUT2D eigenvalue weighted by Crippen LogP contribution is -2.32. The van der Waals surface area contributed by atoms with Crippen LogP contribution in [0.3, 0.4) is 0 Å². The third-order valence-electron chi connectivity index (χ3n) is 3.45. The van der Waals surface area contributed by atoms with E-state index in [1.54, 1.807) is 30.3 Å². The summed E-state index contributed by atoms with van der Waals surface area (Å²) < 4.78 is 0. The molecule has 1 aromatic heterocycles. The molecular formula is C17H20N4O2. The number of rotatable bonds is 6. The van der Waals surface area contributed by atoms with Crippen LogP contribution in [0, 0.1) is 0 Å². The summed E-state index contributed by atoms with van der Waals surface area (Å²) in [5.74, 6) is 0.309. The summed E-state index contributed by atoms with van der Waals surface area (Å²) in [5, 5.41) is 5.95. The molecule has 2 rings (SSSR count). The van der Waals surface area contributed by atoms with E-state index in [1.807, 2.05) is 13.8 Å². The number of carbonyl (C=O) groups is 2. The van der Waals surface area contributed by atoms with Crippen molar-refractivity contribution in [1.82, 2.24) is 15.3 Å². The third-order valence-corrected chi connectivity index (χ3v) is 3.45. The van der Waals surface area contributed by atoms with Crippen LogP contribution in [0.4, 0.5) is 11.5 Å². The fraction of sp³-hybridized carbons (Fsp3) is 0.294. The van der Waals surface area contributed by atoms with Gasteiger partial charge in [-0.2, -0.15) is 0 Å². The molecule has 1 atom stereocenters. The maximum Gasteiger partial charge on any atom is 0.270 e. The summed E-state index contributed by atoms with van der Waals surface area (Å²) in [4.78, 5) is 31.4. The van der Waals surface area contributed by atoms with E-state index in [-0.39, 0.29) is 17.7 Å². The second-order valence-electron chi connectivity index (χ2n) is 5.33. The molecule has 23 heavy (non-hydrogen) atoms. The molecule has 0 aliphatic heterocycles. The molecular weight excluding hydrogens is 292 g/mol. The zero-order valence-corrected chi connectivity index (χ0v) is 13.5. The SMILES string of the molecule is CCC(C)NC(=O)c1cc(Nc2ccc(C(C)=O)cc2)ncn1. The number of ketones is 1. The van der Waals surface area contributed by atoms with Gasteiger partial charge in [0.1, 0.15) is 17.8 Å². The smallest absolute Gasteiger partial charge is 0.270 e. The molecule has 0 radical (unpaired) electrons. The molecule has 1 unspecified atom stereocenters. The predicted octanol–water partition coefficient (Wildman–Crippen LogP) is 2.95. The van der Waals surface area contributed by atoms with Gasteiger partial charge in [0.05, 0.1) is 0 Å². The Kier molecular flexibility index (Phi) is 5.41. The summed E-state index contributed by atoms with van der Waals surface area (Å²) in [5.41, 5.74) is 1.73. The number of anilines is 2. The van der Waals surface area contributed by atoms with Gasteiger partial charge in [-0.15, -0.1) is 0 Å². The molecule has 0 spiro atoms. The number of hydrogen-bond donors (Lipinski definition) is 2. The molecule has 1 amide bonds. The molecule has 0 aliphatic carbocycles. The highest BCUT2D eigenvalue weighted by Crippen LogP contribution is 2.16. The molecule has 0 saturated heterocycles. The number of nitrogens with zero attached hydrogens (tertiary/aromatic N) is 2. The Balaban J connectivity index is 2.10. The van der Waals surface area contributed by atoms with Crippen molar-refractivity contribution in [2.45, 2.75) is 33.2 Å². The molecule has 0 aliphatic rings. The molecule has 1 aromatic carbocycles. The predicted molar refractivity (Wildman–Crippen MR) is 89.0 cm³/mol. The second-order valence-corrected chi connectivity index (χ2v) is 5.33. The maximum absolute atomic E-state index is 12.1. The van der Waals surface area contributed by atoms with Crippen LogP contribution in [0.2, 0.25) is 0 Å². The molecule has 0 saturated carbocycles. The van der Waals surface area contributed by atoms with Crippen LogP contribution in [0.25, 0.3) is 0 Å². The Bertz CT molecular complexity index is 698. The van der Waals surface area contributed by atoms with Gasteiger partial charge in [0.2, 0.25) is 0 Å². The maximum atomic E-state index is 12.1. The first-order valence-corrected chi connectivity index (χ1v) is 7.50. The van der Waals surface area contributed by atoms with Gasteiger partial charge in [-0.3, -0.25) is 9.59 Å². The lowest BCUT2D eigenvalue weighted by molar-refractivity contribution is 0.0933. The highest BCUT2D eigenvalue weighted by Gasteiger charge is 2.11. The molecule has 120 valence electrons. The van der Waals surface area contributed by atoms with Gasteiger partial charge in [0.25, 0.3) is 5.91 Å². The average Bonchev–Trinajstić information content (AvgIpc) is 2.55. The summed E-state index contributed by atoms with van der Waals surface area (Å²) in [7, 11) is 0. The third kappa shape index (κ3) is 4.60. The number of nitrogens with one attached hydrogen (secondary N) is 2. The number of hydrogen-bond acceptors (Lipinski definition) is 5. The first kappa shape index (κ1) is 16.6. The fourth-order valence-corrected chi connectivity index (χ4v) is 1.89. The van der Waals surface area contributed by atoms with Crippen LogP contribution in [-0.2, 0) is 0 Å². The van der Waals surface area contributed by atoms with E-state index in [1.165, 1.54) is 13.3 Å². The average molecular weight is 312 g/mol. The van der Waals surface area contributed by atoms with E-state index in [9.17, 15) is 9.59 Å². The van der Waals surface area contributed by atoms with E-state index in [0.717, 1.165) is 12.1 Å². The molecule has 2 aromatic rings. The van der Waals surface area contributed by atoms with Crippen molar-refractivity contribution in [3.63, 3.8) is 0 Å². The first-order chi connectivity index (χ1) is 11.0. The molecule has 6 nitrogen and oxygen atoms in total. The van der Waals surface area contributed by atoms with Crippen LogP contribution in [0.15, 0.2) is 36.7 Å². The van der Waals surface area contributed by atoms with Crippen LogP contribution in [-0.4, -0.2) is 27.7 Å². The number of Topliss-reactive ketones (excluding diaryl/α,β-unsaturated/α-hetero) is 1. The molecule has 1 heterocycles. The Morgan fingerprint density at radius 3 is 2.48 bits per heavy atom. The van der Waals surface area contributed by atoms with Gasteiger partial charge in [0.15, 0.2) is 5.78 Å². The monoisotopic (exact) mass is 312 g/mol. The van der Waals surface area contributed by atoms with E-state index < -0.39 is 0 Å². The summed E-state index contributed by atoms with van der Waals surface area (Å²) in [6, 6.07) is 8.74. The normalized spacial score (nSPS) is 11.6. The van der Waals surface area contributed by atoms with Crippen molar-refractivity contribution >= 4 is 23.2 Å². The molecule has 0 bridgehead atoms. The zero-order valence-electron chi connectivity index (χ0n) is 13.5. The topological polar surface area (TPSA) is 84.0 Å². The quantitative estimate of drug-likeness (QED) is 0.801. The van der Waals surface area contributed by atoms with Crippen LogP contribution in [0.1, 0.15) is 48.0 Å².